The van der Waals surface area contributed by atoms with Crippen molar-refractivity contribution in [1.82, 2.24) is 0 Å². The quantitative estimate of drug-likeness (QED) is 0.0235. The van der Waals surface area contributed by atoms with E-state index in [4.69, 9.17) is 0 Å². The van der Waals surface area contributed by atoms with Crippen LogP contribution in [0.1, 0.15) is 136 Å². The van der Waals surface area contributed by atoms with Crippen LogP contribution in [0.5, 0.6) is 0 Å². The lowest BCUT2D eigenvalue weighted by atomic mass is 10.2. The normalized spacial score (nSPS) is 11.8. The number of carbonyl (C=O) groups excluding carboxylic acids is 4. The molecule has 452 valence electrons. The predicted octanol–water partition coefficient (Wildman–Crippen LogP) is 21.0. The Morgan fingerprint density at radius 3 is 1.19 bits per heavy atom. The van der Waals surface area contributed by atoms with Gasteiger partial charge >= 0.3 is 0 Å². The van der Waals surface area contributed by atoms with Crippen LogP contribution in [0, 0.1) is 0 Å². The van der Waals surface area contributed by atoms with Crippen molar-refractivity contribution in [3.8, 4) is 0 Å². The monoisotopic (exact) mass is 1330 g/mol. The minimum absolute atomic E-state index is 0.0926. The first kappa shape index (κ1) is 82.2. The van der Waals surface area contributed by atoms with E-state index in [1.807, 2.05) is 129 Å². The third kappa shape index (κ3) is 62.6. The van der Waals surface area contributed by atoms with Gasteiger partial charge in [0.2, 0.25) is 10.2 Å². The summed E-state index contributed by atoms with van der Waals surface area (Å²) in [5.41, 5.74) is 4.33. The van der Waals surface area contributed by atoms with E-state index in [1.54, 1.807) is 18.7 Å². The fourth-order valence-corrected chi connectivity index (χ4v) is 16.0. The van der Waals surface area contributed by atoms with Crippen molar-refractivity contribution in [3.63, 3.8) is 0 Å². The van der Waals surface area contributed by atoms with Crippen molar-refractivity contribution in [2.24, 2.45) is 0 Å². The van der Waals surface area contributed by atoms with E-state index >= 15 is 0 Å². The van der Waals surface area contributed by atoms with Crippen LogP contribution in [0.3, 0.4) is 0 Å². The van der Waals surface area contributed by atoms with Gasteiger partial charge in [0.05, 0.1) is 0 Å². The van der Waals surface area contributed by atoms with Crippen molar-refractivity contribution in [1.29, 1.82) is 0 Å². The van der Waals surface area contributed by atoms with Gasteiger partial charge in [0.15, 0.2) is 5.12 Å². The number of thiol groups is 2. The summed E-state index contributed by atoms with van der Waals surface area (Å²) in [6, 6.07) is 40.0. The summed E-state index contributed by atoms with van der Waals surface area (Å²) in [7, 11) is 3.98. The van der Waals surface area contributed by atoms with Crippen molar-refractivity contribution in [2.75, 3.05) is 98.8 Å². The third-order valence-corrected chi connectivity index (χ3v) is 21.9. The van der Waals surface area contributed by atoms with E-state index < -0.39 is 0 Å². The molecular weight excluding hydrogens is 1240 g/mol. The van der Waals surface area contributed by atoms with E-state index in [9.17, 15) is 19.2 Å². The number of hydrogen-bond acceptors (Lipinski definition) is 17. The Bertz CT molecular complexity index is 1760. The first-order valence-corrected chi connectivity index (χ1v) is 42.2. The first-order valence-electron chi connectivity index (χ1n) is 28.1. The molecule has 4 aromatic rings. The molecule has 2 fully saturated rings. The average molecular weight is 1340 g/mol. The Balaban J connectivity index is 0. The van der Waals surface area contributed by atoms with Gasteiger partial charge in [-0.15, -0.1) is 0 Å². The second-order valence-corrected chi connectivity index (χ2v) is 30.8. The average Bonchev–Trinajstić information content (AvgIpc) is 4.11. The van der Waals surface area contributed by atoms with Gasteiger partial charge in [-0.2, -0.15) is 95.8 Å². The van der Waals surface area contributed by atoms with E-state index in [0.29, 0.717) is 5.75 Å². The predicted molar refractivity (Wildman–Crippen MR) is 396 cm³/mol. The Hall–Kier alpha value is 0.110. The zero-order valence-electron chi connectivity index (χ0n) is 48.9. The highest BCUT2D eigenvalue weighted by molar-refractivity contribution is 8.77. The second-order valence-electron chi connectivity index (χ2n) is 17.2. The number of carbonyl (C=O) groups is 4. The van der Waals surface area contributed by atoms with Gasteiger partial charge in [-0.1, -0.05) is 218 Å². The van der Waals surface area contributed by atoms with Crippen molar-refractivity contribution < 1.29 is 19.2 Å². The molecular formula is C63H98O4S13. The lowest BCUT2D eigenvalue weighted by Crippen LogP contribution is -1.98. The summed E-state index contributed by atoms with van der Waals surface area (Å²) >= 11 is 23.7. The van der Waals surface area contributed by atoms with Crippen LogP contribution in [0.4, 0.5) is 0 Å². The topological polar surface area (TPSA) is 68.3 Å². The molecule has 2 saturated heterocycles. The van der Waals surface area contributed by atoms with Gasteiger partial charge in [-0.05, 0) is 133 Å². The second kappa shape index (κ2) is 69.9. The smallest absolute Gasteiger partial charge is 0.219 e. The fraction of sp³-hybridized carbons (Fsp3) is 0.556. The zero-order chi connectivity index (χ0) is 58.9. The molecule has 80 heavy (non-hydrogen) atoms. The zero-order valence-corrected chi connectivity index (χ0v) is 59.6. The number of unbranched alkanes of at least 4 members (excludes halogenated alkanes) is 3. The molecule has 0 unspecified atom stereocenters. The van der Waals surface area contributed by atoms with E-state index in [2.05, 4.69) is 124 Å². The van der Waals surface area contributed by atoms with E-state index in [0.717, 1.165) is 76.3 Å². The van der Waals surface area contributed by atoms with Crippen LogP contribution in [0.25, 0.3) is 0 Å². The SMILES string of the molecule is C1CCSCC1.C1CSSC1.CC(=O)SCCCSCC=O.CCCCCS.CCCCS.CSCCCSC.O=C(SCCCSC(=O)c1ccccc1)c1ccccc1.c1ccc(CSCCCSCc2ccccc2)cc1. The van der Waals surface area contributed by atoms with Crippen LogP contribution in [0.15, 0.2) is 121 Å². The molecule has 2 aliphatic rings. The summed E-state index contributed by atoms with van der Waals surface area (Å²) in [5.74, 6) is 19.0. The van der Waals surface area contributed by atoms with Gasteiger partial charge in [-0.25, -0.2) is 0 Å². The van der Waals surface area contributed by atoms with E-state index in [-0.39, 0.29) is 15.3 Å². The highest BCUT2D eigenvalue weighted by atomic mass is 33.1. The molecule has 0 radical (unpaired) electrons. The molecule has 0 spiro atoms. The van der Waals surface area contributed by atoms with Gasteiger partial charge in [0.1, 0.15) is 6.29 Å². The summed E-state index contributed by atoms with van der Waals surface area (Å²) in [5, 5.41) is 0.357. The highest BCUT2D eigenvalue weighted by Crippen LogP contribution is 2.29. The number of aldehydes is 1. The molecule has 0 N–H and O–H groups in total. The van der Waals surface area contributed by atoms with Gasteiger partial charge in [0, 0.05) is 64.1 Å². The molecule has 4 nitrogen and oxygen atoms in total. The van der Waals surface area contributed by atoms with Crippen LogP contribution < -0.4 is 0 Å². The van der Waals surface area contributed by atoms with Crippen molar-refractivity contribution >= 4 is 174 Å². The standard InChI is InChI=1S/C17H16O2S2.C17H20S2.C7H12O2S2.C5H12S2.C5H10S.C5H12S.C4H10S.C3H6S2/c18-16(14-8-3-1-4-9-14)20-12-7-13-21-17(19)15-10-5-2-6-11-15;1-3-8-16(9-4-1)14-18-12-7-13-19-15-17-10-5-2-6-11-17;1-7(9)11-5-2-4-10-6-3-8;1-6-4-3-5-7-2;1-2-4-6-5-3-1;1-2-3-4-5-6;1-2-3-4-5;1-2-4-5-3-1/h1-6,8-11H,7,12-13H2;1-6,8-11H,7,12-15H2;3H,2,4-6H2,1H3;3-5H2,1-2H3;1-5H2;6H,2-5H2,1H3;5H,2-4H2,1H3;1-3H2. The Morgan fingerprint density at radius 1 is 0.463 bits per heavy atom. The molecule has 0 atom stereocenters. The summed E-state index contributed by atoms with van der Waals surface area (Å²) in [4.78, 5) is 44.0. The maximum absolute atomic E-state index is 11.9. The van der Waals surface area contributed by atoms with E-state index in [1.165, 1.54) is 163 Å². The summed E-state index contributed by atoms with van der Waals surface area (Å²) in [6.07, 6.45) is 22.0. The molecule has 17 heteroatoms. The molecule has 6 rings (SSSR count). The number of benzene rings is 4. The fourth-order valence-electron chi connectivity index (χ4n) is 5.85. The summed E-state index contributed by atoms with van der Waals surface area (Å²) in [6.45, 7) is 5.93. The lowest BCUT2D eigenvalue weighted by Gasteiger charge is -2.05. The maximum Gasteiger partial charge on any atom is 0.219 e. The highest BCUT2D eigenvalue weighted by Gasteiger charge is 2.08. The first-order chi connectivity index (χ1) is 39.2. The van der Waals surface area contributed by atoms with Gasteiger partial charge in [0.25, 0.3) is 0 Å². The molecule has 0 saturated carbocycles. The maximum atomic E-state index is 11.9. The molecule has 0 bridgehead atoms. The molecule has 0 aliphatic carbocycles. The molecule has 0 aromatic heterocycles. The van der Waals surface area contributed by atoms with Gasteiger partial charge < -0.3 is 4.79 Å². The van der Waals surface area contributed by atoms with Crippen molar-refractivity contribution in [3.05, 3.63) is 144 Å². The van der Waals surface area contributed by atoms with Crippen LogP contribution >= 0.6 is 153 Å². The van der Waals surface area contributed by atoms with Crippen LogP contribution in [0.2, 0.25) is 0 Å². The van der Waals surface area contributed by atoms with Gasteiger partial charge in [-0.3, -0.25) is 14.4 Å². The minimum Gasteiger partial charge on any atom is -0.302 e. The number of hydrogen-bond donors (Lipinski definition) is 2. The molecule has 2 aliphatic heterocycles. The Kier molecular flexibility index (Phi) is 71.8. The van der Waals surface area contributed by atoms with Crippen molar-refractivity contribution in [2.45, 2.75) is 116 Å². The lowest BCUT2D eigenvalue weighted by molar-refractivity contribution is -0.109. The largest absolute Gasteiger partial charge is 0.302 e. The van der Waals surface area contributed by atoms with Crippen LogP contribution in [-0.2, 0) is 21.1 Å². The Labute approximate surface area is 546 Å². The number of rotatable bonds is 29. The summed E-state index contributed by atoms with van der Waals surface area (Å²) < 4.78 is 0. The molecule has 0 amide bonds. The van der Waals surface area contributed by atoms with Crippen LogP contribution in [-0.4, -0.2) is 120 Å². The molecule has 4 aromatic carbocycles. The third-order valence-electron chi connectivity index (χ3n) is 10.1. The molecule has 2 heterocycles. The Morgan fingerprint density at radius 2 is 0.863 bits per heavy atom. The minimum atomic E-state index is 0.0926. The number of thioether (sulfide) groups is 9.